The van der Waals surface area contributed by atoms with Crippen molar-refractivity contribution in [2.24, 2.45) is 0 Å². The molecule has 0 N–H and O–H groups in total. The van der Waals surface area contributed by atoms with E-state index in [-0.39, 0.29) is 31.4 Å². The third kappa shape index (κ3) is 2.97. The number of benzene rings is 2. The Morgan fingerprint density at radius 3 is 2.39 bits per heavy atom. The second-order valence-corrected chi connectivity index (χ2v) is 6.85. The van der Waals surface area contributed by atoms with Crippen LogP contribution < -0.4 is 0 Å². The number of aryl methyl sites for hydroxylation is 2. The number of imide groups is 1. The Kier molecular flexibility index (Phi) is 4.47. The number of hydrogen-bond acceptors (Lipinski definition) is 5. The van der Waals surface area contributed by atoms with Crippen LogP contribution in [-0.4, -0.2) is 35.8 Å². The van der Waals surface area contributed by atoms with Crippen LogP contribution in [0.4, 0.5) is 0 Å². The van der Waals surface area contributed by atoms with E-state index < -0.39 is 5.97 Å². The Morgan fingerprint density at radius 2 is 1.71 bits per heavy atom. The molecule has 1 aliphatic rings. The largest absolute Gasteiger partial charge is 0.464 e. The van der Waals surface area contributed by atoms with Crippen LogP contribution in [0.3, 0.4) is 0 Å². The lowest BCUT2D eigenvalue weighted by Gasteiger charge is -2.13. The van der Waals surface area contributed by atoms with E-state index in [1.54, 1.807) is 30.5 Å². The van der Waals surface area contributed by atoms with E-state index in [1.807, 2.05) is 26.0 Å². The van der Waals surface area contributed by atoms with Gasteiger partial charge in [-0.3, -0.25) is 19.3 Å². The van der Waals surface area contributed by atoms with Gasteiger partial charge in [0, 0.05) is 10.9 Å². The predicted octanol–water partition coefficient (Wildman–Crippen LogP) is 3.43. The van der Waals surface area contributed by atoms with Crippen molar-refractivity contribution in [1.29, 1.82) is 0 Å². The summed E-state index contributed by atoms with van der Waals surface area (Å²) in [6.45, 7) is 3.97. The highest BCUT2D eigenvalue weighted by molar-refractivity contribution is 6.21. The van der Waals surface area contributed by atoms with Gasteiger partial charge in [0.15, 0.2) is 0 Å². The highest BCUT2D eigenvalue weighted by Gasteiger charge is 2.34. The Morgan fingerprint density at radius 1 is 1.04 bits per heavy atom. The highest BCUT2D eigenvalue weighted by atomic mass is 16.5. The molecule has 1 aliphatic heterocycles. The molecule has 0 saturated carbocycles. The molecular formula is C22H19NO5. The lowest BCUT2D eigenvalue weighted by molar-refractivity contribution is -0.143. The molecule has 4 rings (SSSR count). The van der Waals surface area contributed by atoms with Gasteiger partial charge < -0.3 is 9.15 Å². The fourth-order valence-electron chi connectivity index (χ4n) is 3.42. The van der Waals surface area contributed by atoms with Crippen molar-refractivity contribution < 1.29 is 23.5 Å². The third-order valence-corrected chi connectivity index (χ3v) is 5.13. The van der Waals surface area contributed by atoms with Crippen molar-refractivity contribution >= 4 is 28.8 Å². The van der Waals surface area contributed by atoms with Crippen LogP contribution in [0, 0.1) is 13.8 Å². The Bertz CT molecular complexity index is 1080. The maximum absolute atomic E-state index is 12.3. The molecule has 0 fully saturated rings. The third-order valence-electron chi connectivity index (χ3n) is 5.13. The van der Waals surface area contributed by atoms with E-state index in [0.29, 0.717) is 11.1 Å². The van der Waals surface area contributed by atoms with Gasteiger partial charge in [0.25, 0.3) is 11.8 Å². The summed E-state index contributed by atoms with van der Waals surface area (Å²) >= 11 is 0. The molecule has 2 amide bonds. The number of carbonyl (C=O) groups is 3. The van der Waals surface area contributed by atoms with Crippen LogP contribution in [0.25, 0.3) is 11.0 Å². The number of ether oxygens (including phenoxy) is 1. The average Bonchev–Trinajstić information content (AvgIpc) is 3.20. The predicted molar refractivity (Wildman–Crippen MR) is 102 cm³/mol. The smallest absolute Gasteiger partial charge is 0.310 e. The molecule has 3 aromatic rings. The molecule has 2 heterocycles. The molecule has 0 radical (unpaired) electrons. The van der Waals surface area contributed by atoms with Gasteiger partial charge in [-0.15, -0.1) is 0 Å². The van der Waals surface area contributed by atoms with Gasteiger partial charge in [-0.05, 0) is 37.1 Å². The van der Waals surface area contributed by atoms with Crippen LogP contribution >= 0.6 is 0 Å². The lowest BCUT2D eigenvalue weighted by Crippen LogP contribution is -2.33. The monoisotopic (exact) mass is 377 g/mol. The van der Waals surface area contributed by atoms with Crippen LogP contribution in [0.15, 0.2) is 47.1 Å². The molecule has 0 atom stereocenters. The Hall–Kier alpha value is -3.41. The van der Waals surface area contributed by atoms with Crippen molar-refractivity contribution in [3.8, 4) is 0 Å². The summed E-state index contributed by atoms with van der Waals surface area (Å²) in [6, 6.07) is 10.6. The molecule has 6 heteroatoms. The maximum Gasteiger partial charge on any atom is 0.310 e. The zero-order valence-electron chi connectivity index (χ0n) is 15.7. The minimum atomic E-state index is -0.433. The lowest BCUT2D eigenvalue weighted by atomic mass is 10.0. The standard InChI is InChI=1S/C22H19NO5/c1-13-7-8-16-15(12-28-20(16)14(13)2)11-19(24)27-10-9-23-21(25)17-5-3-4-6-18(17)22(23)26/h3-8,12H,9-11H2,1-2H3. The van der Waals surface area contributed by atoms with E-state index in [1.165, 1.54) is 0 Å². The van der Waals surface area contributed by atoms with Gasteiger partial charge in [0.05, 0.1) is 30.4 Å². The molecule has 0 bridgehead atoms. The van der Waals surface area contributed by atoms with Gasteiger partial charge in [-0.25, -0.2) is 0 Å². The van der Waals surface area contributed by atoms with E-state index in [4.69, 9.17) is 9.15 Å². The van der Waals surface area contributed by atoms with Crippen molar-refractivity contribution in [2.75, 3.05) is 13.2 Å². The summed E-state index contributed by atoms with van der Waals surface area (Å²) in [6.07, 6.45) is 1.64. The molecule has 0 saturated heterocycles. The average molecular weight is 377 g/mol. The second kappa shape index (κ2) is 6.96. The summed E-state index contributed by atoms with van der Waals surface area (Å²) < 4.78 is 10.9. The minimum absolute atomic E-state index is 0.0303. The summed E-state index contributed by atoms with van der Waals surface area (Å²) in [4.78, 5) is 37.9. The van der Waals surface area contributed by atoms with Gasteiger partial charge in [0.2, 0.25) is 0 Å². The number of hydrogen-bond donors (Lipinski definition) is 0. The second-order valence-electron chi connectivity index (χ2n) is 6.85. The van der Waals surface area contributed by atoms with Gasteiger partial charge in [-0.2, -0.15) is 0 Å². The zero-order chi connectivity index (χ0) is 19.8. The SMILES string of the molecule is Cc1ccc2c(CC(=O)OCCN3C(=O)c4ccccc4C3=O)coc2c1C. The van der Waals surface area contributed by atoms with E-state index in [0.717, 1.165) is 32.6 Å². The first-order chi connectivity index (χ1) is 13.5. The number of rotatable bonds is 5. The highest BCUT2D eigenvalue weighted by Crippen LogP contribution is 2.27. The fraction of sp³-hybridized carbons (Fsp3) is 0.227. The number of furan rings is 1. The van der Waals surface area contributed by atoms with Crippen molar-refractivity contribution in [2.45, 2.75) is 20.3 Å². The molecule has 6 nitrogen and oxygen atoms in total. The van der Waals surface area contributed by atoms with Crippen molar-refractivity contribution in [1.82, 2.24) is 4.90 Å². The topological polar surface area (TPSA) is 76.8 Å². The normalized spacial score (nSPS) is 13.3. The Balaban J connectivity index is 1.37. The van der Waals surface area contributed by atoms with Crippen LogP contribution in [0.5, 0.6) is 0 Å². The molecule has 0 spiro atoms. The number of carbonyl (C=O) groups excluding carboxylic acids is 3. The summed E-state index contributed by atoms with van der Waals surface area (Å²) in [5.41, 5.74) is 4.46. The molecule has 142 valence electrons. The van der Waals surface area contributed by atoms with E-state index in [2.05, 4.69) is 0 Å². The molecule has 1 aromatic heterocycles. The summed E-state index contributed by atoms with van der Waals surface area (Å²) in [5.74, 6) is -1.15. The summed E-state index contributed by atoms with van der Waals surface area (Å²) in [7, 11) is 0. The first kappa shape index (κ1) is 18.0. The number of esters is 1. The van der Waals surface area contributed by atoms with E-state index >= 15 is 0 Å². The minimum Gasteiger partial charge on any atom is -0.464 e. The van der Waals surface area contributed by atoms with Crippen LogP contribution in [0.2, 0.25) is 0 Å². The van der Waals surface area contributed by atoms with Crippen molar-refractivity contribution in [3.63, 3.8) is 0 Å². The number of amides is 2. The summed E-state index contributed by atoms with van der Waals surface area (Å²) in [5, 5.41) is 0.889. The molecule has 0 unspecified atom stereocenters. The Labute approximate surface area is 161 Å². The molecule has 28 heavy (non-hydrogen) atoms. The fourth-order valence-corrected chi connectivity index (χ4v) is 3.42. The van der Waals surface area contributed by atoms with Gasteiger partial charge in [-0.1, -0.05) is 24.3 Å². The quantitative estimate of drug-likeness (QED) is 0.503. The maximum atomic E-state index is 12.3. The molecule has 0 aliphatic carbocycles. The van der Waals surface area contributed by atoms with Crippen LogP contribution in [0.1, 0.15) is 37.4 Å². The van der Waals surface area contributed by atoms with E-state index in [9.17, 15) is 14.4 Å². The van der Waals surface area contributed by atoms with Crippen LogP contribution in [-0.2, 0) is 16.0 Å². The van der Waals surface area contributed by atoms with Gasteiger partial charge >= 0.3 is 5.97 Å². The number of nitrogens with zero attached hydrogens (tertiary/aromatic N) is 1. The van der Waals surface area contributed by atoms with Crippen molar-refractivity contribution in [3.05, 3.63) is 70.5 Å². The first-order valence-electron chi connectivity index (χ1n) is 9.04. The number of fused-ring (bicyclic) bond motifs is 2. The van der Waals surface area contributed by atoms with Gasteiger partial charge in [0.1, 0.15) is 12.2 Å². The molecule has 2 aromatic carbocycles. The zero-order valence-corrected chi connectivity index (χ0v) is 15.7. The first-order valence-corrected chi connectivity index (χ1v) is 9.04. The molecular weight excluding hydrogens is 358 g/mol.